The van der Waals surface area contributed by atoms with Gasteiger partial charge in [-0.1, -0.05) is 12.1 Å². The van der Waals surface area contributed by atoms with Gasteiger partial charge in [0.2, 0.25) is 0 Å². The molecular weight excluding hydrogens is 441 g/mol. The van der Waals surface area contributed by atoms with Crippen molar-refractivity contribution in [2.45, 2.75) is 6.18 Å². The van der Waals surface area contributed by atoms with Crippen molar-refractivity contribution in [2.24, 2.45) is 0 Å². The number of para-hydroxylation sites is 1. The number of halogens is 4. The zero-order valence-electron chi connectivity index (χ0n) is 14.8. The van der Waals surface area contributed by atoms with E-state index in [-0.39, 0.29) is 12.3 Å². The summed E-state index contributed by atoms with van der Waals surface area (Å²) in [4.78, 5) is 14.2. The van der Waals surface area contributed by atoms with Crippen molar-refractivity contribution in [2.75, 3.05) is 43.1 Å². The minimum atomic E-state index is -4.51. The number of anilines is 2. The van der Waals surface area contributed by atoms with E-state index in [0.29, 0.717) is 42.2 Å². The van der Waals surface area contributed by atoms with Gasteiger partial charge in [0.15, 0.2) is 6.61 Å². The van der Waals surface area contributed by atoms with Crippen LogP contribution in [-0.2, 0) is 15.7 Å². The molecule has 0 aliphatic carbocycles. The number of nitrogens with one attached hydrogen (secondary N) is 1. The van der Waals surface area contributed by atoms with Crippen LogP contribution in [0, 0.1) is 0 Å². The Balaban J connectivity index is 1.77. The number of ether oxygens (including phenoxy) is 2. The standard InChI is InChI=1S/C19H18BrF3N2O3/c20-14-3-1-2-4-17(14)28-12-18(26)24-15-11-13(19(21,22)23)5-6-16(15)25-7-9-27-10-8-25/h1-6,11H,7-10,12H2,(H,24,26). The van der Waals surface area contributed by atoms with Gasteiger partial charge in [-0.2, -0.15) is 13.2 Å². The van der Waals surface area contributed by atoms with Crippen LogP contribution in [0.4, 0.5) is 24.5 Å². The largest absolute Gasteiger partial charge is 0.483 e. The molecule has 2 aromatic carbocycles. The summed E-state index contributed by atoms with van der Waals surface area (Å²) in [5.74, 6) is -0.0836. The molecule has 1 aliphatic rings. The van der Waals surface area contributed by atoms with Crippen molar-refractivity contribution in [1.82, 2.24) is 0 Å². The van der Waals surface area contributed by atoms with Gasteiger partial charge < -0.3 is 19.7 Å². The molecule has 1 amide bonds. The first kappa shape index (κ1) is 20.5. The van der Waals surface area contributed by atoms with Crippen LogP contribution in [0.3, 0.4) is 0 Å². The molecule has 9 heteroatoms. The Morgan fingerprint density at radius 3 is 2.57 bits per heavy atom. The van der Waals surface area contributed by atoms with E-state index in [1.165, 1.54) is 6.07 Å². The van der Waals surface area contributed by atoms with Gasteiger partial charge in [-0.15, -0.1) is 0 Å². The Bertz CT molecular complexity index is 839. The predicted molar refractivity (Wildman–Crippen MR) is 103 cm³/mol. The lowest BCUT2D eigenvalue weighted by molar-refractivity contribution is -0.137. The molecule has 0 unspecified atom stereocenters. The van der Waals surface area contributed by atoms with Crippen LogP contribution in [-0.4, -0.2) is 38.8 Å². The molecule has 1 fully saturated rings. The minimum absolute atomic E-state index is 0.0949. The summed E-state index contributed by atoms with van der Waals surface area (Å²) >= 11 is 3.31. The van der Waals surface area contributed by atoms with Crippen LogP contribution in [0.5, 0.6) is 5.75 Å². The number of rotatable bonds is 5. The summed E-state index contributed by atoms with van der Waals surface area (Å²) in [5, 5.41) is 2.55. The topological polar surface area (TPSA) is 50.8 Å². The highest BCUT2D eigenvalue weighted by atomic mass is 79.9. The van der Waals surface area contributed by atoms with Crippen LogP contribution in [0.2, 0.25) is 0 Å². The van der Waals surface area contributed by atoms with Crippen LogP contribution >= 0.6 is 15.9 Å². The molecule has 1 saturated heterocycles. The molecule has 0 bridgehead atoms. The van der Waals surface area contributed by atoms with Crippen molar-refractivity contribution in [3.8, 4) is 5.75 Å². The van der Waals surface area contributed by atoms with Gasteiger partial charge in [-0.05, 0) is 46.3 Å². The maximum Gasteiger partial charge on any atom is 0.416 e. The fourth-order valence-electron chi connectivity index (χ4n) is 2.78. The molecule has 0 aromatic heterocycles. The average Bonchev–Trinajstić information content (AvgIpc) is 2.67. The van der Waals surface area contributed by atoms with Crippen molar-refractivity contribution in [1.29, 1.82) is 0 Å². The Kier molecular flexibility index (Phi) is 6.46. The van der Waals surface area contributed by atoms with Gasteiger partial charge in [-0.3, -0.25) is 4.79 Å². The highest BCUT2D eigenvalue weighted by Gasteiger charge is 2.32. The lowest BCUT2D eigenvalue weighted by atomic mass is 10.1. The first-order valence-corrected chi connectivity index (χ1v) is 9.35. The monoisotopic (exact) mass is 458 g/mol. The van der Waals surface area contributed by atoms with Crippen LogP contribution < -0.4 is 15.0 Å². The molecule has 0 radical (unpaired) electrons. The number of benzene rings is 2. The van der Waals surface area contributed by atoms with E-state index < -0.39 is 17.6 Å². The number of hydrogen-bond acceptors (Lipinski definition) is 4. The van der Waals surface area contributed by atoms with Crippen molar-refractivity contribution in [3.63, 3.8) is 0 Å². The average molecular weight is 459 g/mol. The van der Waals surface area contributed by atoms with E-state index in [9.17, 15) is 18.0 Å². The molecule has 0 saturated carbocycles. The van der Waals surface area contributed by atoms with Crippen molar-refractivity contribution >= 4 is 33.2 Å². The Labute approximate surface area is 168 Å². The van der Waals surface area contributed by atoms with E-state index in [1.54, 1.807) is 24.3 Å². The summed E-state index contributed by atoms with van der Waals surface area (Å²) in [5.41, 5.74) is -0.213. The normalized spacial score (nSPS) is 14.6. The number of alkyl halides is 3. The summed E-state index contributed by atoms with van der Waals surface area (Å²) < 4.78 is 50.8. The summed E-state index contributed by atoms with van der Waals surface area (Å²) in [6, 6.07) is 10.3. The van der Waals surface area contributed by atoms with Gasteiger partial charge in [-0.25, -0.2) is 0 Å². The van der Waals surface area contributed by atoms with Gasteiger partial charge in [0, 0.05) is 13.1 Å². The smallest absolute Gasteiger partial charge is 0.416 e. The zero-order valence-corrected chi connectivity index (χ0v) is 16.3. The summed E-state index contributed by atoms with van der Waals surface area (Å²) in [6.07, 6.45) is -4.51. The Morgan fingerprint density at radius 1 is 1.18 bits per heavy atom. The van der Waals surface area contributed by atoms with E-state index in [1.807, 2.05) is 4.90 Å². The van der Waals surface area contributed by atoms with Crippen molar-refractivity contribution < 1.29 is 27.4 Å². The number of amides is 1. The quantitative estimate of drug-likeness (QED) is 0.724. The minimum Gasteiger partial charge on any atom is -0.483 e. The van der Waals surface area contributed by atoms with E-state index in [0.717, 1.165) is 12.1 Å². The lowest BCUT2D eigenvalue weighted by Gasteiger charge is -2.31. The molecule has 28 heavy (non-hydrogen) atoms. The Hall–Kier alpha value is -2.26. The highest BCUT2D eigenvalue weighted by Crippen LogP contribution is 2.35. The van der Waals surface area contributed by atoms with Crippen LogP contribution in [0.1, 0.15) is 5.56 Å². The van der Waals surface area contributed by atoms with Crippen molar-refractivity contribution in [3.05, 3.63) is 52.5 Å². The fourth-order valence-corrected chi connectivity index (χ4v) is 3.18. The fraction of sp³-hybridized carbons (Fsp3) is 0.316. The summed E-state index contributed by atoms with van der Waals surface area (Å²) in [6.45, 7) is 1.67. The number of morpholine rings is 1. The molecule has 0 spiro atoms. The second kappa shape index (κ2) is 8.83. The first-order chi connectivity index (χ1) is 13.3. The number of hydrogen-bond donors (Lipinski definition) is 1. The third kappa shape index (κ3) is 5.17. The van der Waals surface area contributed by atoms with Crippen LogP contribution in [0.25, 0.3) is 0 Å². The highest BCUT2D eigenvalue weighted by molar-refractivity contribution is 9.10. The molecular formula is C19H18BrF3N2O3. The Morgan fingerprint density at radius 2 is 1.89 bits per heavy atom. The molecule has 1 aliphatic heterocycles. The third-order valence-electron chi connectivity index (χ3n) is 4.15. The van der Waals surface area contributed by atoms with Crippen LogP contribution in [0.15, 0.2) is 46.9 Å². The molecule has 1 heterocycles. The van der Waals surface area contributed by atoms with Gasteiger partial charge in [0.1, 0.15) is 5.75 Å². The van der Waals surface area contributed by atoms with Gasteiger partial charge >= 0.3 is 6.18 Å². The molecule has 5 nitrogen and oxygen atoms in total. The second-order valence-corrected chi connectivity index (χ2v) is 6.95. The molecule has 0 atom stereocenters. The molecule has 150 valence electrons. The predicted octanol–water partition coefficient (Wildman–Crippen LogP) is 4.32. The van der Waals surface area contributed by atoms with Gasteiger partial charge in [0.05, 0.1) is 34.6 Å². The molecule has 3 rings (SSSR count). The third-order valence-corrected chi connectivity index (χ3v) is 4.80. The molecule has 2 aromatic rings. The van der Waals surface area contributed by atoms with Gasteiger partial charge in [0.25, 0.3) is 5.91 Å². The number of carbonyl (C=O) groups excluding carboxylic acids is 1. The maximum atomic E-state index is 13.1. The van der Waals surface area contributed by atoms with E-state index in [2.05, 4.69) is 21.2 Å². The number of carbonyl (C=O) groups is 1. The number of nitrogens with zero attached hydrogens (tertiary/aromatic N) is 1. The summed E-state index contributed by atoms with van der Waals surface area (Å²) in [7, 11) is 0. The van der Waals surface area contributed by atoms with E-state index >= 15 is 0 Å². The first-order valence-electron chi connectivity index (χ1n) is 8.56. The zero-order chi connectivity index (χ0) is 20.1. The maximum absolute atomic E-state index is 13.1. The molecule has 1 N–H and O–H groups in total. The van der Waals surface area contributed by atoms with E-state index in [4.69, 9.17) is 9.47 Å². The lowest BCUT2D eigenvalue weighted by Crippen LogP contribution is -2.37. The second-order valence-electron chi connectivity index (χ2n) is 6.10. The SMILES string of the molecule is O=C(COc1ccccc1Br)Nc1cc(C(F)(F)F)ccc1N1CCOCC1.